The molecule has 1 aromatic heterocycles. The Hall–Kier alpha value is -3.26. The van der Waals surface area contributed by atoms with Crippen molar-refractivity contribution in [3.8, 4) is 11.3 Å². The molecule has 0 atom stereocenters. The van der Waals surface area contributed by atoms with Crippen molar-refractivity contribution in [3.05, 3.63) is 53.3 Å². The minimum Gasteiger partial charge on any atom is -0.478 e. The van der Waals surface area contributed by atoms with Crippen LogP contribution in [0.25, 0.3) is 17.4 Å². The average molecular weight is 370 g/mol. The van der Waals surface area contributed by atoms with Crippen LogP contribution < -0.4 is 0 Å². The van der Waals surface area contributed by atoms with Gasteiger partial charge in [-0.1, -0.05) is 12.1 Å². The molecule has 0 unspecified atom stereocenters. The summed E-state index contributed by atoms with van der Waals surface area (Å²) >= 11 is 5.04. The number of rotatable bonds is 3. The van der Waals surface area contributed by atoms with E-state index in [1.165, 1.54) is 42.1 Å². The molecule has 2 aromatic rings. The second-order valence-corrected chi connectivity index (χ2v) is 6.02. The number of nitrogens with zero attached hydrogens (tertiary/aromatic N) is 2. The van der Waals surface area contributed by atoms with Gasteiger partial charge < -0.3 is 9.52 Å². The van der Waals surface area contributed by atoms with Crippen LogP contribution >= 0.6 is 12.2 Å². The fourth-order valence-electron chi connectivity index (χ4n) is 2.48. The molecule has 1 fully saturated rings. The Morgan fingerprint density at radius 2 is 1.62 bits per heavy atom. The van der Waals surface area contributed by atoms with E-state index < -0.39 is 17.8 Å². The second-order valence-electron chi connectivity index (χ2n) is 5.65. The van der Waals surface area contributed by atoms with Gasteiger partial charge in [0.1, 0.15) is 17.1 Å². The van der Waals surface area contributed by atoms with Gasteiger partial charge in [0.05, 0.1) is 5.56 Å². The Bertz CT molecular complexity index is 932. The molecule has 0 saturated carbocycles. The number of thiocarbonyl (C=S) groups is 1. The van der Waals surface area contributed by atoms with Gasteiger partial charge in [0.2, 0.25) is 0 Å². The highest BCUT2D eigenvalue weighted by molar-refractivity contribution is 7.80. The fraction of sp³-hybridized carbons (Fsp3) is 0.111. The van der Waals surface area contributed by atoms with Gasteiger partial charge in [0, 0.05) is 19.7 Å². The lowest BCUT2D eigenvalue weighted by atomic mass is 10.1. The number of likely N-dealkylation sites (N-methyl/N-ethyl adjacent to an activating group) is 2. The molecule has 3 rings (SSSR count). The van der Waals surface area contributed by atoms with Crippen molar-refractivity contribution < 1.29 is 23.9 Å². The van der Waals surface area contributed by atoms with E-state index in [0.29, 0.717) is 17.1 Å². The number of carbonyl (C=O) groups excluding carboxylic acids is 2. The third-order valence-electron chi connectivity index (χ3n) is 3.97. The van der Waals surface area contributed by atoms with Crippen LogP contribution in [0.2, 0.25) is 0 Å². The van der Waals surface area contributed by atoms with Gasteiger partial charge in [-0.2, -0.15) is 0 Å². The molecular formula is C18H14N2O5S. The van der Waals surface area contributed by atoms with Gasteiger partial charge >= 0.3 is 5.97 Å². The maximum absolute atomic E-state index is 12.3. The van der Waals surface area contributed by atoms with Gasteiger partial charge in [-0.05, 0) is 42.6 Å². The largest absolute Gasteiger partial charge is 0.478 e. The first-order valence-corrected chi connectivity index (χ1v) is 7.95. The first-order chi connectivity index (χ1) is 12.3. The first-order valence-electron chi connectivity index (χ1n) is 7.55. The minimum atomic E-state index is -1.01. The molecule has 1 N–H and O–H groups in total. The molecule has 132 valence electrons. The Labute approximate surface area is 154 Å². The van der Waals surface area contributed by atoms with Gasteiger partial charge in [0.15, 0.2) is 5.11 Å². The van der Waals surface area contributed by atoms with Crippen molar-refractivity contribution in [2.75, 3.05) is 14.1 Å². The molecule has 0 aliphatic carbocycles. The van der Waals surface area contributed by atoms with Crippen molar-refractivity contribution in [2.45, 2.75) is 0 Å². The smallest absolute Gasteiger partial charge is 0.335 e. The number of carboxylic acids is 1. The van der Waals surface area contributed by atoms with Crippen molar-refractivity contribution in [1.29, 1.82) is 0 Å². The van der Waals surface area contributed by atoms with E-state index in [9.17, 15) is 14.4 Å². The number of amides is 2. The van der Waals surface area contributed by atoms with Crippen molar-refractivity contribution in [3.63, 3.8) is 0 Å². The third-order valence-corrected chi connectivity index (χ3v) is 4.52. The average Bonchev–Trinajstić information content (AvgIpc) is 3.10. The van der Waals surface area contributed by atoms with E-state index in [1.54, 1.807) is 24.3 Å². The molecule has 2 heterocycles. The molecule has 1 saturated heterocycles. The molecular weight excluding hydrogens is 356 g/mol. The van der Waals surface area contributed by atoms with E-state index in [-0.39, 0.29) is 16.2 Å². The van der Waals surface area contributed by atoms with Gasteiger partial charge in [-0.25, -0.2) is 4.79 Å². The Balaban J connectivity index is 1.91. The van der Waals surface area contributed by atoms with Crippen LogP contribution in [-0.4, -0.2) is 51.9 Å². The lowest BCUT2D eigenvalue weighted by molar-refractivity contribution is -0.132. The fourth-order valence-corrected chi connectivity index (χ4v) is 2.65. The summed E-state index contributed by atoms with van der Waals surface area (Å²) in [7, 11) is 3.00. The van der Waals surface area contributed by atoms with E-state index >= 15 is 0 Å². The molecule has 1 aliphatic heterocycles. The van der Waals surface area contributed by atoms with Crippen LogP contribution in [0.15, 0.2) is 46.4 Å². The monoisotopic (exact) mass is 370 g/mol. The van der Waals surface area contributed by atoms with Crippen LogP contribution in [0.3, 0.4) is 0 Å². The predicted octanol–water partition coefficient (Wildman–Crippen LogP) is 2.24. The molecule has 1 aromatic carbocycles. The number of hydrogen-bond donors (Lipinski definition) is 1. The van der Waals surface area contributed by atoms with Crippen molar-refractivity contribution in [2.24, 2.45) is 0 Å². The van der Waals surface area contributed by atoms with E-state index in [0.717, 1.165) is 0 Å². The summed E-state index contributed by atoms with van der Waals surface area (Å²) in [4.78, 5) is 37.9. The minimum absolute atomic E-state index is 0.0503. The number of benzene rings is 1. The summed E-state index contributed by atoms with van der Waals surface area (Å²) in [6, 6.07) is 9.49. The van der Waals surface area contributed by atoms with Crippen molar-refractivity contribution >= 4 is 41.2 Å². The molecule has 8 heteroatoms. The van der Waals surface area contributed by atoms with E-state index in [1.807, 2.05) is 0 Å². The van der Waals surface area contributed by atoms with E-state index in [2.05, 4.69) is 0 Å². The zero-order chi connectivity index (χ0) is 19.0. The summed E-state index contributed by atoms with van der Waals surface area (Å²) in [5, 5.41) is 9.07. The number of carbonyl (C=O) groups is 3. The van der Waals surface area contributed by atoms with Crippen LogP contribution in [0.1, 0.15) is 16.1 Å². The summed E-state index contributed by atoms with van der Waals surface area (Å²) in [5.41, 5.74) is 0.796. The maximum atomic E-state index is 12.3. The van der Waals surface area contributed by atoms with Gasteiger partial charge in [-0.15, -0.1) is 0 Å². The summed E-state index contributed by atoms with van der Waals surface area (Å²) in [6.07, 6.45) is 1.37. The van der Waals surface area contributed by atoms with Gasteiger partial charge in [0.25, 0.3) is 11.8 Å². The SMILES string of the molecule is CN1C(=O)C(=Cc2ccc(-c3ccc(C(=O)O)cc3)o2)C(=O)N(C)C1=S. The third kappa shape index (κ3) is 3.02. The number of aromatic carboxylic acids is 1. The number of hydrogen-bond acceptors (Lipinski definition) is 5. The summed E-state index contributed by atoms with van der Waals surface area (Å²) in [6.45, 7) is 0. The Morgan fingerprint density at radius 1 is 1.04 bits per heavy atom. The normalized spacial score (nSPS) is 14.8. The molecule has 0 radical (unpaired) electrons. The predicted molar refractivity (Wildman–Crippen MR) is 97.2 cm³/mol. The highest BCUT2D eigenvalue weighted by Gasteiger charge is 2.35. The van der Waals surface area contributed by atoms with Crippen LogP contribution in [-0.2, 0) is 9.59 Å². The van der Waals surface area contributed by atoms with E-state index in [4.69, 9.17) is 21.7 Å². The summed E-state index contributed by atoms with van der Waals surface area (Å²) < 4.78 is 5.67. The molecule has 0 spiro atoms. The number of carboxylic acid groups (broad SMARTS) is 1. The molecule has 26 heavy (non-hydrogen) atoms. The Morgan fingerprint density at radius 3 is 2.15 bits per heavy atom. The zero-order valence-corrected chi connectivity index (χ0v) is 14.7. The standard InChI is InChI=1S/C18H14N2O5S/c1-19-15(21)13(16(22)20(2)18(19)26)9-12-7-8-14(25-12)10-3-5-11(6-4-10)17(23)24/h3-9H,1-2H3,(H,23,24). The maximum Gasteiger partial charge on any atom is 0.335 e. The van der Waals surface area contributed by atoms with Crippen molar-refractivity contribution in [1.82, 2.24) is 9.80 Å². The number of furan rings is 1. The second kappa shape index (κ2) is 6.57. The van der Waals surface area contributed by atoms with Crippen LogP contribution in [0.5, 0.6) is 0 Å². The molecule has 2 amide bonds. The lowest BCUT2D eigenvalue weighted by Crippen LogP contribution is -2.52. The zero-order valence-electron chi connectivity index (χ0n) is 13.9. The highest BCUT2D eigenvalue weighted by atomic mass is 32.1. The first kappa shape index (κ1) is 17.6. The topological polar surface area (TPSA) is 91.1 Å². The van der Waals surface area contributed by atoms with Crippen LogP contribution in [0.4, 0.5) is 0 Å². The highest BCUT2D eigenvalue weighted by Crippen LogP contribution is 2.25. The quantitative estimate of drug-likeness (QED) is 0.506. The lowest BCUT2D eigenvalue weighted by Gasteiger charge is -2.31. The van der Waals surface area contributed by atoms with Crippen LogP contribution in [0, 0.1) is 0 Å². The van der Waals surface area contributed by atoms with Gasteiger partial charge in [-0.3, -0.25) is 19.4 Å². The molecule has 7 nitrogen and oxygen atoms in total. The molecule has 1 aliphatic rings. The Kier molecular flexibility index (Phi) is 4.43. The molecule has 0 bridgehead atoms. The summed E-state index contributed by atoms with van der Waals surface area (Å²) in [5.74, 6) is -1.19.